The third-order valence-corrected chi connectivity index (χ3v) is 5.61. The normalized spacial score (nSPS) is 16.6. The van der Waals surface area contributed by atoms with Crippen LogP contribution in [0.4, 0.5) is 0 Å². The lowest BCUT2D eigenvalue weighted by atomic mass is 9.85. The number of aromatic amines is 1. The standard InChI is InChI=1S/C20H27ClN4O/c1-25(2)18(15-10-6-7-11-17(15)21)13-22-20(26)16-12-23-24-19(16)14-8-4-3-5-9-14/h6-7,10-12,14,18H,3-5,8-9,13H2,1-2H3,(H,22,26)(H,23,24)/t18-/m0/s1. The minimum absolute atomic E-state index is 0.0117. The van der Waals surface area contributed by atoms with Gasteiger partial charge in [-0.25, -0.2) is 0 Å². The van der Waals surface area contributed by atoms with Crippen molar-refractivity contribution in [2.24, 2.45) is 0 Å². The second kappa shape index (κ2) is 8.69. The van der Waals surface area contributed by atoms with Crippen molar-refractivity contribution in [1.82, 2.24) is 20.4 Å². The summed E-state index contributed by atoms with van der Waals surface area (Å²) >= 11 is 6.35. The van der Waals surface area contributed by atoms with Gasteiger partial charge in [0.25, 0.3) is 5.91 Å². The number of likely N-dealkylation sites (N-methyl/N-ethyl adjacent to an activating group) is 1. The molecule has 26 heavy (non-hydrogen) atoms. The van der Waals surface area contributed by atoms with Crippen LogP contribution in [0.25, 0.3) is 0 Å². The maximum Gasteiger partial charge on any atom is 0.254 e. The molecule has 0 aliphatic heterocycles. The second-order valence-corrected chi connectivity index (χ2v) is 7.65. The highest BCUT2D eigenvalue weighted by Crippen LogP contribution is 2.33. The molecule has 0 radical (unpaired) electrons. The van der Waals surface area contributed by atoms with E-state index in [0.717, 1.165) is 24.1 Å². The summed E-state index contributed by atoms with van der Waals surface area (Å²) in [5.41, 5.74) is 2.68. The number of H-pyrrole nitrogens is 1. The van der Waals surface area contributed by atoms with Crippen LogP contribution in [0.3, 0.4) is 0 Å². The van der Waals surface area contributed by atoms with Crippen LogP contribution in [-0.2, 0) is 0 Å². The summed E-state index contributed by atoms with van der Waals surface area (Å²) in [4.78, 5) is 14.9. The minimum atomic E-state index is -0.0711. The summed E-state index contributed by atoms with van der Waals surface area (Å²) in [7, 11) is 3.98. The molecule has 5 nitrogen and oxygen atoms in total. The molecule has 1 saturated carbocycles. The average Bonchev–Trinajstić information content (AvgIpc) is 3.13. The van der Waals surface area contributed by atoms with Crippen LogP contribution in [0.5, 0.6) is 0 Å². The molecule has 2 aromatic rings. The number of nitrogens with zero attached hydrogens (tertiary/aromatic N) is 2. The molecule has 1 aromatic carbocycles. The highest BCUT2D eigenvalue weighted by molar-refractivity contribution is 6.31. The Morgan fingerprint density at radius 1 is 1.31 bits per heavy atom. The molecule has 3 rings (SSSR count). The average molecular weight is 375 g/mol. The lowest BCUT2D eigenvalue weighted by Crippen LogP contribution is -2.35. The Kier molecular flexibility index (Phi) is 6.33. The van der Waals surface area contributed by atoms with Gasteiger partial charge in [0.05, 0.1) is 23.5 Å². The number of halogens is 1. The van der Waals surface area contributed by atoms with Crippen LogP contribution in [0.2, 0.25) is 5.02 Å². The summed E-state index contributed by atoms with van der Waals surface area (Å²) in [6.07, 6.45) is 7.64. The molecule has 1 aromatic heterocycles. The summed E-state index contributed by atoms with van der Waals surface area (Å²) in [6, 6.07) is 7.78. The Morgan fingerprint density at radius 2 is 2.04 bits per heavy atom. The molecule has 1 heterocycles. The van der Waals surface area contributed by atoms with E-state index in [4.69, 9.17) is 11.6 Å². The van der Waals surface area contributed by atoms with Gasteiger partial charge in [0.2, 0.25) is 0 Å². The summed E-state index contributed by atoms with van der Waals surface area (Å²) < 4.78 is 0. The molecule has 6 heteroatoms. The Labute approximate surface area is 160 Å². The van der Waals surface area contributed by atoms with Crippen molar-refractivity contribution in [3.8, 4) is 0 Å². The van der Waals surface area contributed by atoms with Crippen molar-refractivity contribution in [3.63, 3.8) is 0 Å². The zero-order valence-electron chi connectivity index (χ0n) is 15.5. The maximum atomic E-state index is 12.8. The van der Waals surface area contributed by atoms with Crippen LogP contribution >= 0.6 is 11.6 Å². The fraction of sp³-hybridized carbons (Fsp3) is 0.500. The van der Waals surface area contributed by atoms with Crippen molar-refractivity contribution in [2.75, 3.05) is 20.6 Å². The maximum absolute atomic E-state index is 12.8. The summed E-state index contributed by atoms with van der Waals surface area (Å²) in [5, 5.41) is 11.0. The smallest absolute Gasteiger partial charge is 0.254 e. The van der Waals surface area contributed by atoms with Gasteiger partial charge in [-0.15, -0.1) is 0 Å². The number of benzene rings is 1. The largest absolute Gasteiger partial charge is 0.350 e. The van der Waals surface area contributed by atoms with E-state index in [1.54, 1.807) is 6.20 Å². The van der Waals surface area contributed by atoms with Crippen LogP contribution in [-0.4, -0.2) is 41.6 Å². The van der Waals surface area contributed by atoms with Gasteiger partial charge in [-0.2, -0.15) is 5.10 Å². The highest BCUT2D eigenvalue weighted by Gasteiger charge is 2.24. The predicted octanol–water partition coefficient (Wildman–Crippen LogP) is 4.14. The van der Waals surface area contributed by atoms with E-state index < -0.39 is 0 Å². The predicted molar refractivity (Wildman–Crippen MR) is 105 cm³/mol. The van der Waals surface area contributed by atoms with Gasteiger partial charge in [0.1, 0.15) is 0 Å². The molecule has 1 fully saturated rings. The van der Waals surface area contributed by atoms with E-state index in [9.17, 15) is 4.79 Å². The van der Waals surface area contributed by atoms with Gasteiger partial charge in [-0.3, -0.25) is 9.89 Å². The van der Waals surface area contributed by atoms with Crippen molar-refractivity contribution in [2.45, 2.75) is 44.1 Å². The Bertz CT molecular complexity index is 737. The van der Waals surface area contributed by atoms with E-state index >= 15 is 0 Å². The first-order valence-corrected chi connectivity index (χ1v) is 9.68. The fourth-order valence-corrected chi connectivity index (χ4v) is 4.04. The molecule has 140 valence electrons. The van der Waals surface area contributed by atoms with E-state index in [2.05, 4.69) is 20.4 Å². The zero-order valence-corrected chi connectivity index (χ0v) is 16.2. The van der Waals surface area contributed by atoms with Gasteiger partial charge < -0.3 is 10.2 Å². The van der Waals surface area contributed by atoms with Gasteiger partial charge in [-0.05, 0) is 38.6 Å². The van der Waals surface area contributed by atoms with Crippen molar-refractivity contribution < 1.29 is 4.79 Å². The molecule has 2 N–H and O–H groups in total. The Balaban J connectivity index is 1.70. The first-order valence-electron chi connectivity index (χ1n) is 9.30. The van der Waals surface area contributed by atoms with Gasteiger partial charge in [0, 0.05) is 17.5 Å². The molecule has 0 bridgehead atoms. The van der Waals surface area contributed by atoms with Crippen LogP contribution in [0.1, 0.15) is 65.7 Å². The van der Waals surface area contributed by atoms with Crippen molar-refractivity contribution >= 4 is 17.5 Å². The van der Waals surface area contributed by atoms with E-state index in [0.29, 0.717) is 23.0 Å². The molecule has 0 unspecified atom stereocenters. The number of hydrogen-bond acceptors (Lipinski definition) is 3. The zero-order chi connectivity index (χ0) is 18.5. The summed E-state index contributed by atoms with van der Waals surface area (Å²) in [6.45, 7) is 0.491. The lowest BCUT2D eigenvalue weighted by molar-refractivity contribution is 0.0940. The molecule has 1 atom stereocenters. The van der Waals surface area contributed by atoms with Gasteiger partial charge in [0.15, 0.2) is 0 Å². The third-order valence-electron chi connectivity index (χ3n) is 5.27. The van der Waals surface area contributed by atoms with E-state index in [1.165, 1.54) is 19.3 Å². The van der Waals surface area contributed by atoms with Crippen LogP contribution in [0, 0.1) is 0 Å². The molecule has 1 aliphatic carbocycles. The van der Waals surface area contributed by atoms with Gasteiger partial charge in [-0.1, -0.05) is 49.1 Å². The molecule has 0 saturated heterocycles. The SMILES string of the molecule is CN(C)[C@@H](CNC(=O)c1cn[nH]c1C1CCCCC1)c1ccccc1Cl. The number of aromatic nitrogens is 2. The fourth-order valence-electron chi connectivity index (χ4n) is 3.78. The number of hydrogen-bond donors (Lipinski definition) is 2. The minimum Gasteiger partial charge on any atom is -0.350 e. The third kappa shape index (κ3) is 4.27. The molecule has 1 amide bonds. The van der Waals surface area contributed by atoms with Crippen LogP contribution < -0.4 is 5.32 Å². The van der Waals surface area contributed by atoms with E-state index in [1.807, 2.05) is 38.4 Å². The topological polar surface area (TPSA) is 61.0 Å². The number of nitrogens with one attached hydrogen (secondary N) is 2. The first kappa shape index (κ1) is 18.9. The quantitative estimate of drug-likeness (QED) is 0.798. The monoisotopic (exact) mass is 374 g/mol. The molecular formula is C20H27ClN4O. The molecule has 0 spiro atoms. The van der Waals surface area contributed by atoms with Crippen molar-refractivity contribution in [3.05, 3.63) is 52.3 Å². The van der Waals surface area contributed by atoms with E-state index in [-0.39, 0.29) is 11.9 Å². The Hall–Kier alpha value is -1.85. The number of amides is 1. The van der Waals surface area contributed by atoms with Crippen LogP contribution in [0.15, 0.2) is 30.5 Å². The first-order chi connectivity index (χ1) is 12.6. The number of carbonyl (C=O) groups excluding carboxylic acids is 1. The van der Waals surface area contributed by atoms with Crippen molar-refractivity contribution in [1.29, 1.82) is 0 Å². The number of rotatable bonds is 6. The number of carbonyl (C=O) groups is 1. The summed E-state index contributed by atoms with van der Waals surface area (Å²) in [5.74, 6) is 0.346. The van der Waals surface area contributed by atoms with Gasteiger partial charge >= 0.3 is 0 Å². The second-order valence-electron chi connectivity index (χ2n) is 7.24. The Morgan fingerprint density at radius 3 is 2.73 bits per heavy atom. The molecule has 1 aliphatic rings. The lowest BCUT2D eigenvalue weighted by Gasteiger charge is -2.26. The highest BCUT2D eigenvalue weighted by atomic mass is 35.5. The molecular weight excluding hydrogens is 348 g/mol.